The van der Waals surface area contributed by atoms with E-state index in [1.165, 1.54) is 6.42 Å². The van der Waals surface area contributed by atoms with Gasteiger partial charge in [0.25, 0.3) is 0 Å². The molecule has 0 aliphatic carbocycles. The van der Waals surface area contributed by atoms with Gasteiger partial charge in [-0.2, -0.15) is 5.33 Å². The maximum atomic E-state index is 3.56. The van der Waals surface area contributed by atoms with Crippen LogP contribution in [0.5, 0.6) is 0 Å². The van der Waals surface area contributed by atoms with Crippen molar-refractivity contribution in [2.24, 2.45) is 0 Å². The predicted molar refractivity (Wildman–Crippen MR) is 37.5 cm³/mol. The summed E-state index contributed by atoms with van der Waals surface area (Å²) in [6.07, 6.45) is 1.28. The zero-order chi connectivity index (χ0) is 5.70. The van der Waals surface area contributed by atoms with Crippen LogP contribution in [0, 0.1) is 0 Å². The van der Waals surface area contributed by atoms with E-state index >= 15 is 0 Å². The Balaban J connectivity index is 3.35. The van der Waals surface area contributed by atoms with Gasteiger partial charge in [0.05, 0.1) is 9.13 Å². The van der Waals surface area contributed by atoms with E-state index in [9.17, 15) is 0 Å². The van der Waals surface area contributed by atoms with Crippen molar-refractivity contribution in [3.8, 4) is 0 Å². The molecule has 0 aliphatic rings. The van der Waals surface area contributed by atoms with E-state index in [1.807, 2.05) is 0 Å². The molecule has 1 heteroatoms. The summed E-state index contributed by atoms with van der Waals surface area (Å²) in [5.41, 5.74) is 0.859. The molecule has 0 aliphatic heterocycles. The molecule has 0 rings (SSSR count). The third-order valence-electron chi connectivity index (χ3n) is 1.05. The Morgan fingerprint density at radius 2 is 2.43 bits per heavy atom. The normalized spacial score (nSPS) is 12.3. The van der Waals surface area contributed by atoms with E-state index in [1.54, 1.807) is 0 Å². The van der Waals surface area contributed by atoms with Gasteiger partial charge in [0.2, 0.25) is 0 Å². The lowest BCUT2D eigenvalue weighted by molar-refractivity contribution is 0.878. The topological polar surface area (TPSA) is 0 Å². The predicted octanol–water partition coefficient (Wildman–Crippen LogP) is 1.23. The van der Waals surface area contributed by atoms with Crippen molar-refractivity contribution in [1.82, 2.24) is 0 Å². The fourth-order valence-electron chi connectivity index (χ4n) is 0.319. The van der Waals surface area contributed by atoms with Crippen LogP contribution in [0.1, 0.15) is 20.3 Å². The molecule has 40 valence electrons. The van der Waals surface area contributed by atoms with Gasteiger partial charge in [-0.05, 0) is 5.54 Å². The van der Waals surface area contributed by atoms with Crippen molar-refractivity contribution < 1.29 is 0 Å². The smallest absolute Gasteiger partial charge is 0.0520 e. The molecule has 0 spiro atoms. The summed E-state index contributed by atoms with van der Waals surface area (Å²) in [5, 5.41) is 2.95. The van der Waals surface area contributed by atoms with Gasteiger partial charge in [-0.25, -0.2) is 0 Å². The van der Waals surface area contributed by atoms with E-state index in [0.29, 0.717) is 9.13 Å². The summed E-state index contributed by atoms with van der Waals surface area (Å²) >= 11 is 0. The van der Waals surface area contributed by atoms with Gasteiger partial charge in [-0.15, -0.1) is 0 Å². The van der Waals surface area contributed by atoms with Crippen molar-refractivity contribution in [3.63, 3.8) is 0 Å². The first-order chi connectivity index (χ1) is 3.31. The molecule has 1 unspecified atom stereocenters. The summed E-state index contributed by atoms with van der Waals surface area (Å²) in [6, 6.07) is 0. The molecule has 7 heavy (non-hydrogen) atoms. The first-order valence-corrected chi connectivity index (χ1v) is 3.91. The monoisotopic (exact) mass is 112 g/mol. The fraction of sp³-hybridized carbons (Fsp3) is 0.667. The van der Waals surface area contributed by atoms with Crippen LogP contribution in [0.2, 0.25) is 5.54 Å². The Bertz CT molecular complexity index is 80.2. The molecule has 0 N–H and O–H groups in total. The third-order valence-corrected chi connectivity index (χ3v) is 2.32. The Kier molecular flexibility index (Phi) is 3.96. The highest BCUT2D eigenvalue weighted by Crippen LogP contribution is 1.99. The van der Waals surface area contributed by atoms with Crippen molar-refractivity contribution in [1.29, 1.82) is 0 Å². The number of hydrogen-bond donors (Lipinski definition) is 0. The minimum Gasteiger partial charge on any atom is -0.168 e. The molecule has 0 aromatic rings. The van der Waals surface area contributed by atoms with E-state index in [4.69, 9.17) is 0 Å². The maximum Gasteiger partial charge on any atom is 0.0520 e. The van der Waals surface area contributed by atoms with Gasteiger partial charge in [0.15, 0.2) is 0 Å². The van der Waals surface area contributed by atoms with Crippen LogP contribution in [0.3, 0.4) is 0 Å². The second kappa shape index (κ2) is 4.04. The molecule has 1 atom stereocenters. The van der Waals surface area contributed by atoms with E-state index in [2.05, 4.69) is 25.8 Å². The zero-order valence-corrected chi connectivity index (χ0v) is 6.22. The van der Waals surface area contributed by atoms with Gasteiger partial charge in [-0.1, -0.05) is 26.8 Å². The van der Waals surface area contributed by atoms with Crippen LogP contribution in [0.25, 0.3) is 0 Å². The molecule has 0 fully saturated rings. The molecule has 0 radical (unpaired) electrons. The second-order valence-electron chi connectivity index (χ2n) is 1.76. The largest absolute Gasteiger partial charge is 0.168 e. The highest BCUT2D eigenvalue weighted by Gasteiger charge is 1.86. The van der Waals surface area contributed by atoms with Crippen LogP contribution in [-0.2, 0) is 0 Å². The molecule has 0 saturated heterocycles. The van der Waals surface area contributed by atoms with Crippen LogP contribution in [0.15, 0.2) is 6.58 Å². The van der Waals surface area contributed by atoms with Crippen LogP contribution in [-0.4, -0.2) is 14.5 Å². The van der Waals surface area contributed by atoms with Crippen LogP contribution < -0.4 is 0 Å². The molecule has 0 saturated carbocycles. The summed E-state index contributed by atoms with van der Waals surface area (Å²) in [4.78, 5) is 0. The Hall–Kier alpha value is -0.133. The Morgan fingerprint density at radius 1 is 1.86 bits per heavy atom. The van der Waals surface area contributed by atoms with Gasteiger partial charge >= 0.3 is 0 Å². The van der Waals surface area contributed by atoms with Gasteiger partial charge < -0.3 is 0 Å². The molecule has 0 nitrogen and oxygen atoms in total. The standard InChI is InChI=1S/C6H12Si/c1-4-6(3)7-5-2/h6-7H,2,4H2,1,3H3. The highest BCUT2D eigenvalue weighted by molar-refractivity contribution is 6.46. The molecular formula is C6H12Si. The maximum absolute atomic E-state index is 3.56. The summed E-state index contributed by atoms with van der Waals surface area (Å²) in [7, 11) is 0.406. The average Bonchev–Trinajstić information content (AvgIpc) is 1.68. The average molecular weight is 112 g/mol. The lowest BCUT2D eigenvalue weighted by atomic mass is 10.4. The van der Waals surface area contributed by atoms with Crippen LogP contribution in [0.4, 0.5) is 0 Å². The summed E-state index contributed by atoms with van der Waals surface area (Å²) < 4.78 is 0. The lowest BCUT2D eigenvalue weighted by Gasteiger charge is -1.92. The minimum atomic E-state index is 0.406. The fourth-order valence-corrected chi connectivity index (χ4v) is 0.957. The van der Waals surface area contributed by atoms with Gasteiger partial charge in [-0.3, -0.25) is 0 Å². The molecule has 0 aromatic heterocycles. The third kappa shape index (κ3) is 3.70. The minimum absolute atomic E-state index is 0.406. The van der Waals surface area contributed by atoms with Crippen LogP contribution >= 0.6 is 0 Å². The first-order valence-electron chi connectivity index (χ1n) is 2.67. The quantitative estimate of drug-likeness (QED) is 0.471. The van der Waals surface area contributed by atoms with Crippen molar-refractivity contribution in [2.45, 2.75) is 25.8 Å². The van der Waals surface area contributed by atoms with E-state index in [-0.39, 0.29) is 0 Å². The lowest BCUT2D eigenvalue weighted by Crippen LogP contribution is -1.86. The zero-order valence-electron chi connectivity index (χ0n) is 5.07. The molecular weight excluding hydrogens is 100 g/mol. The SMILES string of the molecule is C=C=[SiH]C(C)CC. The van der Waals surface area contributed by atoms with Crippen molar-refractivity contribution in [2.75, 3.05) is 0 Å². The first kappa shape index (κ1) is 6.87. The second-order valence-corrected chi connectivity index (χ2v) is 3.64. The highest BCUT2D eigenvalue weighted by atomic mass is 28.2. The summed E-state index contributed by atoms with van der Waals surface area (Å²) in [6.45, 7) is 8.01. The molecule has 0 aromatic carbocycles. The Morgan fingerprint density at radius 3 is 2.57 bits per heavy atom. The molecule has 0 heterocycles. The van der Waals surface area contributed by atoms with Crippen molar-refractivity contribution in [3.05, 3.63) is 6.58 Å². The number of rotatable bonds is 2. The van der Waals surface area contributed by atoms with E-state index in [0.717, 1.165) is 5.54 Å². The Labute approximate surface area is 47.7 Å². The number of hydrogen-bond acceptors (Lipinski definition) is 0. The van der Waals surface area contributed by atoms with E-state index < -0.39 is 0 Å². The molecule has 0 bridgehead atoms. The van der Waals surface area contributed by atoms with Gasteiger partial charge in [0.1, 0.15) is 0 Å². The van der Waals surface area contributed by atoms with Gasteiger partial charge in [0, 0.05) is 0 Å². The summed E-state index contributed by atoms with van der Waals surface area (Å²) in [5.74, 6) is 0. The van der Waals surface area contributed by atoms with Crippen molar-refractivity contribution >= 4 is 14.5 Å². The molecule has 0 amide bonds.